The van der Waals surface area contributed by atoms with Crippen molar-refractivity contribution in [1.29, 1.82) is 0 Å². The Morgan fingerprint density at radius 2 is 1.41 bits per heavy atom. The molecule has 5 rings (SSSR count). The van der Waals surface area contributed by atoms with Crippen molar-refractivity contribution in [3.63, 3.8) is 0 Å². The van der Waals surface area contributed by atoms with Crippen LogP contribution < -0.4 is 14.5 Å². The molecular weight excluding hydrogens is 721 g/mol. The number of aryl methyl sites for hydroxylation is 1. The number of unbranched alkanes of at least 4 members (excludes halogenated alkanes) is 1. The second-order valence-corrected chi connectivity index (χ2v) is 14.8. The van der Waals surface area contributed by atoms with E-state index in [0.717, 1.165) is 108 Å². The van der Waals surface area contributed by atoms with Gasteiger partial charge in [0.25, 0.3) is 0 Å². The summed E-state index contributed by atoms with van der Waals surface area (Å²) in [5.74, 6) is 1.13. The van der Waals surface area contributed by atoms with Gasteiger partial charge in [0.15, 0.2) is 6.73 Å². The summed E-state index contributed by atoms with van der Waals surface area (Å²) in [5.41, 5.74) is 2.45. The lowest BCUT2D eigenvalue weighted by Crippen LogP contribution is -2.46. The minimum Gasteiger partial charge on any atom is -0.478 e. The highest BCUT2D eigenvalue weighted by Gasteiger charge is 2.29. The number of pyridine rings is 1. The molecule has 58 heavy (non-hydrogen) atoms. The second-order valence-electron chi connectivity index (χ2n) is 14.8. The minimum atomic E-state index is -0.233. The normalized spacial score (nSPS) is 16.7. The van der Waals surface area contributed by atoms with Gasteiger partial charge in [-0.15, -0.1) is 0 Å². The standard InChI is InChI=1S/C50H66N4O4/c1-3-4-5-6-7-8-9-10-11-12-13-14-15-16-17-18-19-20-21-31-49(55)58-42-54-48(56-2)35-33-44-32-34-47(51-50(44)54)57-41-25-24-36-52-37-39-53(40-38-52)46-30-26-28-43-27-22-23-29-45(43)46/h4-5,7-8,10-11,13-14,16-17,19-20,22-23,26-30,32,34,48H,3,6,9,12,15,18,21,24-25,31,33,35-42H2,1-2H3/b5-4-,8-7-,11-10-,14-13-,17-16-,20-19-. The van der Waals surface area contributed by atoms with Crippen molar-refractivity contribution in [3.05, 3.63) is 133 Å². The lowest BCUT2D eigenvalue weighted by atomic mass is 10.0. The molecule has 1 unspecified atom stereocenters. The summed E-state index contributed by atoms with van der Waals surface area (Å²) in [6, 6.07) is 19.3. The summed E-state index contributed by atoms with van der Waals surface area (Å²) in [6.07, 6.45) is 36.4. The van der Waals surface area contributed by atoms with Crippen LogP contribution in [-0.2, 0) is 20.7 Å². The van der Waals surface area contributed by atoms with Crippen LogP contribution in [0.3, 0.4) is 0 Å². The van der Waals surface area contributed by atoms with Gasteiger partial charge in [0.2, 0.25) is 5.88 Å². The van der Waals surface area contributed by atoms with E-state index in [1.165, 1.54) is 16.5 Å². The number of allylic oxidation sites excluding steroid dienone is 12. The average Bonchev–Trinajstić information content (AvgIpc) is 3.26. The van der Waals surface area contributed by atoms with Crippen LogP contribution in [0.2, 0.25) is 0 Å². The number of hydrogen-bond donors (Lipinski definition) is 0. The summed E-state index contributed by atoms with van der Waals surface area (Å²) in [4.78, 5) is 24.6. The first kappa shape index (κ1) is 44.2. The zero-order valence-corrected chi connectivity index (χ0v) is 35.1. The molecule has 2 aliphatic heterocycles. The summed E-state index contributed by atoms with van der Waals surface area (Å²) < 4.78 is 17.6. The highest BCUT2D eigenvalue weighted by Crippen LogP contribution is 2.31. The molecule has 2 aliphatic rings. The Balaban J connectivity index is 0.939. The maximum absolute atomic E-state index is 12.7. The number of ether oxygens (including phenoxy) is 3. The fourth-order valence-corrected chi connectivity index (χ4v) is 7.31. The predicted octanol–water partition coefficient (Wildman–Crippen LogP) is 10.9. The maximum atomic E-state index is 12.7. The van der Waals surface area contributed by atoms with Crippen LogP contribution in [0.5, 0.6) is 5.88 Å². The van der Waals surface area contributed by atoms with E-state index < -0.39 is 0 Å². The molecule has 8 nitrogen and oxygen atoms in total. The lowest BCUT2D eigenvalue weighted by molar-refractivity contribution is -0.144. The molecule has 0 radical (unpaired) electrons. The van der Waals surface area contributed by atoms with Crippen molar-refractivity contribution >= 4 is 28.2 Å². The van der Waals surface area contributed by atoms with E-state index in [1.807, 2.05) is 17.0 Å². The molecule has 1 atom stereocenters. The first-order valence-corrected chi connectivity index (χ1v) is 21.6. The van der Waals surface area contributed by atoms with Gasteiger partial charge in [-0.1, -0.05) is 116 Å². The Hall–Kier alpha value is -4.92. The molecule has 3 aromatic rings. The van der Waals surface area contributed by atoms with Gasteiger partial charge in [0.1, 0.15) is 12.0 Å². The number of esters is 1. The number of piperazine rings is 1. The fourth-order valence-electron chi connectivity index (χ4n) is 7.31. The van der Waals surface area contributed by atoms with Crippen molar-refractivity contribution in [2.45, 2.75) is 90.2 Å². The van der Waals surface area contributed by atoms with E-state index in [-0.39, 0.29) is 18.9 Å². The molecule has 2 aromatic carbocycles. The van der Waals surface area contributed by atoms with Crippen LogP contribution >= 0.6 is 0 Å². The molecule has 1 aromatic heterocycles. The summed E-state index contributed by atoms with van der Waals surface area (Å²) in [5, 5.41) is 2.63. The van der Waals surface area contributed by atoms with Crippen molar-refractivity contribution < 1.29 is 19.0 Å². The molecule has 310 valence electrons. The SMILES string of the molecule is CC/C=C\C/C=C\C/C=C\C/C=C\C/C=C\C/C=C\CCC(=O)OCN1c2nc(OCCCCN3CCN(c4cccc5ccccc45)CC3)ccc2CCC1OC. The van der Waals surface area contributed by atoms with E-state index in [1.54, 1.807) is 7.11 Å². The van der Waals surface area contributed by atoms with Gasteiger partial charge in [0, 0.05) is 56.8 Å². The number of methoxy groups -OCH3 is 1. The largest absolute Gasteiger partial charge is 0.478 e. The molecule has 0 aliphatic carbocycles. The number of nitrogens with zero attached hydrogens (tertiary/aromatic N) is 4. The highest BCUT2D eigenvalue weighted by molar-refractivity contribution is 5.94. The number of benzene rings is 2. The van der Waals surface area contributed by atoms with Gasteiger partial charge < -0.3 is 19.1 Å². The Bertz CT molecular complexity index is 1830. The van der Waals surface area contributed by atoms with Gasteiger partial charge in [-0.2, -0.15) is 4.98 Å². The van der Waals surface area contributed by atoms with E-state index in [2.05, 4.69) is 132 Å². The van der Waals surface area contributed by atoms with Gasteiger partial charge in [0.05, 0.1) is 6.61 Å². The number of carbonyl (C=O) groups is 1. The fraction of sp³-hybridized carbons (Fsp3) is 0.440. The van der Waals surface area contributed by atoms with Crippen LogP contribution in [0.25, 0.3) is 10.8 Å². The number of fused-ring (bicyclic) bond motifs is 2. The van der Waals surface area contributed by atoms with Crippen molar-refractivity contribution in [3.8, 4) is 5.88 Å². The molecule has 8 heteroatoms. The third-order valence-corrected chi connectivity index (χ3v) is 10.6. The van der Waals surface area contributed by atoms with Gasteiger partial charge >= 0.3 is 5.97 Å². The van der Waals surface area contributed by atoms with E-state index in [9.17, 15) is 4.79 Å². The van der Waals surface area contributed by atoms with Crippen molar-refractivity contribution in [1.82, 2.24) is 9.88 Å². The summed E-state index contributed by atoms with van der Waals surface area (Å²) in [6.45, 7) is 8.15. The summed E-state index contributed by atoms with van der Waals surface area (Å²) in [7, 11) is 1.69. The molecule has 1 fully saturated rings. The Morgan fingerprint density at radius 3 is 2.10 bits per heavy atom. The van der Waals surface area contributed by atoms with Crippen LogP contribution in [0.15, 0.2) is 128 Å². The van der Waals surface area contributed by atoms with Crippen molar-refractivity contribution in [2.24, 2.45) is 0 Å². The number of anilines is 2. The summed E-state index contributed by atoms with van der Waals surface area (Å²) >= 11 is 0. The monoisotopic (exact) mass is 787 g/mol. The van der Waals surface area contributed by atoms with E-state index in [0.29, 0.717) is 25.3 Å². The Kier molecular flexibility index (Phi) is 19.9. The predicted molar refractivity (Wildman–Crippen MR) is 242 cm³/mol. The van der Waals surface area contributed by atoms with Crippen molar-refractivity contribution in [2.75, 3.05) is 63.0 Å². The molecular formula is C50H66N4O4. The molecule has 0 spiro atoms. The van der Waals surface area contributed by atoms with Gasteiger partial charge in [-0.3, -0.25) is 14.6 Å². The first-order valence-electron chi connectivity index (χ1n) is 21.6. The third kappa shape index (κ3) is 15.1. The van der Waals surface area contributed by atoms with Gasteiger partial charge in [-0.05, 0) is 100 Å². The van der Waals surface area contributed by atoms with Crippen LogP contribution in [0.1, 0.15) is 83.1 Å². The molecule has 0 saturated carbocycles. The zero-order chi connectivity index (χ0) is 40.5. The second kappa shape index (κ2) is 26.2. The molecule has 1 saturated heterocycles. The maximum Gasteiger partial charge on any atom is 0.307 e. The van der Waals surface area contributed by atoms with Crippen LogP contribution in [0, 0.1) is 0 Å². The zero-order valence-electron chi connectivity index (χ0n) is 35.1. The molecule has 0 N–H and O–H groups in total. The number of carbonyl (C=O) groups excluding carboxylic acids is 1. The average molecular weight is 787 g/mol. The third-order valence-electron chi connectivity index (χ3n) is 10.6. The Morgan fingerprint density at radius 1 is 0.759 bits per heavy atom. The quantitative estimate of drug-likeness (QED) is 0.0505. The lowest BCUT2D eigenvalue weighted by Gasteiger charge is -2.36. The first-order chi connectivity index (χ1) is 28.7. The minimum absolute atomic E-state index is 0.0955. The molecule has 3 heterocycles. The number of hydrogen-bond acceptors (Lipinski definition) is 8. The van der Waals surface area contributed by atoms with Crippen LogP contribution in [-0.4, -0.2) is 75.3 Å². The van der Waals surface area contributed by atoms with E-state index in [4.69, 9.17) is 19.2 Å². The highest BCUT2D eigenvalue weighted by atomic mass is 16.6. The van der Waals surface area contributed by atoms with Gasteiger partial charge in [-0.25, -0.2) is 0 Å². The number of rotatable bonds is 24. The number of aromatic nitrogens is 1. The molecule has 0 amide bonds. The van der Waals surface area contributed by atoms with Crippen LogP contribution in [0.4, 0.5) is 11.5 Å². The smallest absolute Gasteiger partial charge is 0.307 e. The molecule has 0 bridgehead atoms. The topological polar surface area (TPSA) is 67.4 Å². The Labute approximate surface area is 348 Å². The van der Waals surface area contributed by atoms with E-state index >= 15 is 0 Å².